The van der Waals surface area contributed by atoms with Gasteiger partial charge in [0, 0.05) is 44.8 Å². The van der Waals surface area contributed by atoms with E-state index in [1.165, 1.54) is 6.42 Å². The monoisotopic (exact) mass is 387 g/mol. The number of amides is 2. The van der Waals surface area contributed by atoms with Crippen LogP contribution in [0.4, 0.5) is 0 Å². The first-order chi connectivity index (χ1) is 13.4. The smallest absolute Gasteiger partial charge is 0.253 e. The molecule has 0 N–H and O–H groups in total. The van der Waals surface area contributed by atoms with E-state index in [1.807, 2.05) is 28.9 Å². The Morgan fingerprint density at radius 2 is 1.54 bits per heavy atom. The van der Waals surface area contributed by atoms with Crippen LogP contribution in [-0.2, 0) is 4.79 Å². The number of nitrogens with zero attached hydrogens (tertiary/aromatic N) is 3. The van der Waals surface area contributed by atoms with Gasteiger partial charge in [-0.15, -0.1) is 0 Å². The van der Waals surface area contributed by atoms with Crippen LogP contribution in [0, 0.1) is 11.8 Å². The maximum Gasteiger partial charge on any atom is 0.253 e. The molecule has 0 aromatic heterocycles. The maximum absolute atomic E-state index is 13.0. The van der Waals surface area contributed by atoms with Crippen LogP contribution in [0.5, 0.6) is 5.75 Å². The summed E-state index contributed by atoms with van der Waals surface area (Å²) in [4.78, 5) is 31.8. The van der Waals surface area contributed by atoms with Gasteiger partial charge in [0.15, 0.2) is 0 Å². The Hall–Kier alpha value is -2.08. The summed E-state index contributed by atoms with van der Waals surface area (Å²) < 4.78 is 5.15. The molecule has 2 amide bonds. The molecule has 3 unspecified atom stereocenters. The van der Waals surface area contributed by atoms with Crippen molar-refractivity contribution in [3.8, 4) is 5.75 Å². The van der Waals surface area contributed by atoms with Gasteiger partial charge in [-0.3, -0.25) is 14.5 Å². The number of rotatable bonds is 4. The topological polar surface area (TPSA) is 53.1 Å². The number of hydrogen-bond acceptors (Lipinski definition) is 4. The molecule has 3 atom stereocenters. The number of hydrogen-bond donors (Lipinski definition) is 0. The molecule has 2 aliphatic rings. The standard InChI is InChI=1S/C22H33N3O3/c1-16-13-17(2)15-25(14-16)21(26)18(3)23-9-11-24(12-10-23)22(27)19-5-7-20(28-4)8-6-19/h5-8,16-18H,9-15H2,1-4H3. The van der Waals surface area contributed by atoms with Crippen LogP contribution < -0.4 is 4.74 Å². The largest absolute Gasteiger partial charge is 0.497 e. The second kappa shape index (κ2) is 8.95. The number of likely N-dealkylation sites (tertiary alicyclic amines) is 1. The van der Waals surface area contributed by atoms with Crippen LogP contribution in [0.2, 0.25) is 0 Å². The van der Waals surface area contributed by atoms with Gasteiger partial charge in [0.05, 0.1) is 13.2 Å². The molecule has 1 aromatic rings. The summed E-state index contributed by atoms with van der Waals surface area (Å²) in [5, 5.41) is 0. The van der Waals surface area contributed by atoms with E-state index in [9.17, 15) is 9.59 Å². The second-order valence-corrected chi connectivity index (χ2v) is 8.42. The molecule has 0 saturated carbocycles. The Morgan fingerprint density at radius 3 is 2.07 bits per heavy atom. The number of methoxy groups -OCH3 is 1. The molecule has 2 aliphatic heterocycles. The van der Waals surface area contributed by atoms with Crippen molar-refractivity contribution < 1.29 is 14.3 Å². The zero-order valence-corrected chi connectivity index (χ0v) is 17.6. The molecule has 2 saturated heterocycles. The summed E-state index contributed by atoms with van der Waals surface area (Å²) in [5.74, 6) is 2.15. The quantitative estimate of drug-likeness (QED) is 0.796. The van der Waals surface area contributed by atoms with Crippen molar-refractivity contribution in [2.45, 2.75) is 33.2 Å². The van der Waals surface area contributed by atoms with Crippen molar-refractivity contribution in [3.05, 3.63) is 29.8 Å². The molecule has 1 aromatic carbocycles. The highest BCUT2D eigenvalue weighted by Crippen LogP contribution is 2.22. The number of carbonyl (C=O) groups is 2. The number of ether oxygens (including phenoxy) is 1. The van der Waals surface area contributed by atoms with Crippen molar-refractivity contribution in [1.82, 2.24) is 14.7 Å². The number of benzene rings is 1. The SMILES string of the molecule is COc1ccc(C(=O)N2CCN(C(C)C(=O)N3CC(C)CC(C)C3)CC2)cc1. The van der Waals surface area contributed by atoms with E-state index < -0.39 is 0 Å². The van der Waals surface area contributed by atoms with Crippen molar-refractivity contribution >= 4 is 11.8 Å². The molecule has 0 radical (unpaired) electrons. The van der Waals surface area contributed by atoms with Crippen LogP contribution in [0.15, 0.2) is 24.3 Å². The predicted octanol–water partition coefficient (Wildman–Crippen LogP) is 2.35. The van der Waals surface area contributed by atoms with Crippen molar-refractivity contribution in [2.75, 3.05) is 46.4 Å². The van der Waals surface area contributed by atoms with Crippen LogP contribution >= 0.6 is 0 Å². The minimum Gasteiger partial charge on any atom is -0.497 e. The van der Waals surface area contributed by atoms with Gasteiger partial charge in [-0.05, 0) is 49.4 Å². The minimum absolute atomic E-state index is 0.0416. The fraction of sp³-hybridized carbons (Fsp3) is 0.636. The zero-order chi connectivity index (χ0) is 20.3. The molecular formula is C22H33N3O3. The van der Waals surface area contributed by atoms with Crippen LogP contribution in [-0.4, -0.2) is 78.9 Å². The lowest BCUT2D eigenvalue weighted by atomic mass is 9.91. The highest BCUT2D eigenvalue weighted by Gasteiger charge is 2.33. The lowest BCUT2D eigenvalue weighted by Gasteiger charge is -2.41. The number of carbonyl (C=O) groups excluding carboxylic acids is 2. The minimum atomic E-state index is -0.129. The molecular weight excluding hydrogens is 354 g/mol. The van der Waals surface area contributed by atoms with Crippen molar-refractivity contribution in [2.24, 2.45) is 11.8 Å². The highest BCUT2D eigenvalue weighted by atomic mass is 16.5. The summed E-state index contributed by atoms with van der Waals surface area (Å²) >= 11 is 0. The van der Waals surface area contributed by atoms with Gasteiger partial charge in [-0.25, -0.2) is 0 Å². The third kappa shape index (κ3) is 4.66. The summed E-state index contributed by atoms with van der Waals surface area (Å²) in [6.07, 6.45) is 1.20. The molecule has 154 valence electrons. The fourth-order valence-corrected chi connectivity index (χ4v) is 4.49. The van der Waals surface area contributed by atoms with Gasteiger partial charge < -0.3 is 14.5 Å². The molecule has 0 spiro atoms. The summed E-state index contributed by atoms with van der Waals surface area (Å²) in [6.45, 7) is 10.9. The molecule has 3 rings (SSSR count). The van der Waals surface area contributed by atoms with E-state index in [1.54, 1.807) is 19.2 Å². The lowest BCUT2D eigenvalue weighted by molar-refractivity contribution is -0.139. The van der Waals surface area contributed by atoms with Gasteiger partial charge in [-0.2, -0.15) is 0 Å². The molecule has 6 nitrogen and oxygen atoms in total. The number of piperazine rings is 1. The Balaban J connectivity index is 1.53. The van der Waals surface area contributed by atoms with Crippen LogP contribution in [0.1, 0.15) is 37.6 Å². The Labute approximate surface area is 168 Å². The third-order valence-electron chi connectivity index (χ3n) is 6.02. The Kier molecular flexibility index (Phi) is 6.60. The molecule has 2 fully saturated rings. The van der Waals surface area contributed by atoms with Gasteiger partial charge >= 0.3 is 0 Å². The predicted molar refractivity (Wildman–Crippen MR) is 109 cm³/mol. The zero-order valence-electron chi connectivity index (χ0n) is 17.6. The third-order valence-corrected chi connectivity index (χ3v) is 6.02. The van der Waals surface area contributed by atoms with Crippen LogP contribution in [0.3, 0.4) is 0 Å². The number of piperidine rings is 1. The van der Waals surface area contributed by atoms with E-state index in [0.717, 1.165) is 31.9 Å². The first-order valence-electron chi connectivity index (χ1n) is 10.3. The molecule has 2 heterocycles. The van der Waals surface area contributed by atoms with Gasteiger partial charge in [0.2, 0.25) is 5.91 Å². The normalized spacial score (nSPS) is 24.7. The average molecular weight is 388 g/mol. The molecule has 6 heteroatoms. The molecule has 0 aliphatic carbocycles. The van der Waals surface area contributed by atoms with Crippen molar-refractivity contribution in [3.63, 3.8) is 0 Å². The van der Waals surface area contributed by atoms with E-state index in [0.29, 0.717) is 30.5 Å². The Morgan fingerprint density at radius 1 is 0.964 bits per heavy atom. The molecule has 0 bridgehead atoms. The first-order valence-corrected chi connectivity index (χ1v) is 10.3. The lowest BCUT2D eigenvalue weighted by Crippen LogP contribution is -2.56. The van der Waals surface area contributed by atoms with E-state index in [-0.39, 0.29) is 17.9 Å². The van der Waals surface area contributed by atoms with Crippen LogP contribution in [0.25, 0.3) is 0 Å². The van der Waals surface area contributed by atoms with Crippen molar-refractivity contribution in [1.29, 1.82) is 0 Å². The second-order valence-electron chi connectivity index (χ2n) is 8.42. The maximum atomic E-state index is 13.0. The summed E-state index contributed by atoms with van der Waals surface area (Å²) in [7, 11) is 1.61. The average Bonchev–Trinajstić information content (AvgIpc) is 2.71. The summed E-state index contributed by atoms with van der Waals surface area (Å²) in [5.41, 5.74) is 0.676. The highest BCUT2D eigenvalue weighted by molar-refractivity contribution is 5.94. The van der Waals surface area contributed by atoms with E-state index in [2.05, 4.69) is 18.7 Å². The van der Waals surface area contributed by atoms with Gasteiger partial charge in [0.1, 0.15) is 5.75 Å². The summed E-state index contributed by atoms with van der Waals surface area (Å²) in [6, 6.07) is 7.10. The molecule has 28 heavy (non-hydrogen) atoms. The van der Waals surface area contributed by atoms with Gasteiger partial charge in [-0.1, -0.05) is 13.8 Å². The van der Waals surface area contributed by atoms with E-state index in [4.69, 9.17) is 4.74 Å². The van der Waals surface area contributed by atoms with Gasteiger partial charge in [0.25, 0.3) is 5.91 Å². The fourth-order valence-electron chi connectivity index (χ4n) is 4.49. The Bertz CT molecular complexity index is 673. The van der Waals surface area contributed by atoms with E-state index >= 15 is 0 Å². The first kappa shape index (κ1) is 20.6.